The predicted molar refractivity (Wildman–Crippen MR) is 103 cm³/mol. The quantitative estimate of drug-likeness (QED) is 0.251. The van der Waals surface area contributed by atoms with Crippen LogP contribution in [0.25, 0.3) is 0 Å². The van der Waals surface area contributed by atoms with E-state index in [9.17, 15) is 10.1 Å². The van der Waals surface area contributed by atoms with Crippen LogP contribution in [0.1, 0.15) is 11.1 Å². The van der Waals surface area contributed by atoms with E-state index in [4.69, 9.17) is 0 Å². The Morgan fingerprint density at radius 3 is 2.24 bits per heavy atom. The van der Waals surface area contributed by atoms with Crippen molar-refractivity contribution in [3.05, 3.63) is 100 Å². The summed E-state index contributed by atoms with van der Waals surface area (Å²) in [6, 6.07) is 24.7. The molecule has 0 saturated heterocycles. The van der Waals surface area contributed by atoms with Crippen LogP contribution in [0, 0.1) is 10.1 Å². The molecular weight excluding hydrogens is 332 g/mol. The molecule has 0 aliphatic rings. The SMILES string of the molecule is O=[N+]([O-])c1ccc(C=Nc2ccc(CSc3ccccc3)cc2)cc1. The first kappa shape index (κ1) is 16.9. The molecule has 0 fully saturated rings. The molecule has 124 valence electrons. The summed E-state index contributed by atoms with van der Waals surface area (Å²) in [6.45, 7) is 0. The number of nitrogens with zero attached hydrogens (tertiary/aromatic N) is 2. The molecule has 5 heteroatoms. The van der Waals surface area contributed by atoms with E-state index in [0.29, 0.717) is 0 Å². The van der Waals surface area contributed by atoms with E-state index < -0.39 is 4.92 Å². The van der Waals surface area contributed by atoms with Gasteiger partial charge in [-0.2, -0.15) is 0 Å². The van der Waals surface area contributed by atoms with Gasteiger partial charge in [-0.15, -0.1) is 11.8 Å². The minimum atomic E-state index is -0.410. The van der Waals surface area contributed by atoms with E-state index in [1.165, 1.54) is 22.6 Å². The molecule has 0 N–H and O–H groups in total. The van der Waals surface area contributed by atoms with Gasteiger partial charge >= 0.3 is 0 Å². The summed E-state index contributed by atoms with van der Waals surface area (Å²) in [5, 5.41) is 10.6. The van der Waals surface area contributed by atoms with E-state index in [1.807, 2.05) is 30.3 Å². The summed E-state index contributed by atoms with van der Waals surface area (Å²) in [7, 11) is 0. The van der Waals surface area contributed by atoms with Crippen molar-refractivity contribution in [2.75, 3.05) is 0 Å². The maximum atomic E-state index is 10.6. The van der Waals surface area contributed by atoms with Gasteiger partial charge in [0.15, 0.2) is 0 Å². The molecule has 4 nitrogen and oxygen atoms in total. The number of rotatable bonds is 6. The van der Waals surface area contributed by atoms with Gasteiger partial charge in [0, 0.05) is 29.0 Å². The highest BCUT2D eigenvalue weighted by atomic mass is 32.2. The fraction of sp³-hybridized carbons (Fsp3) is 0.0500. The standard InChI is InChI=1S/C20H16N2O2S/c23-22(24)19-12-8-16(9-13-19)14-21-18-10-6-17(7-11-18)15-25-20-4-2-1-3-5-20/h1-14H,15H2. The lowest BCUT2D eigenvalue weighted by Gasteiger charge is -2.02. The molecule has 3 aromatic carbocycles. The summed E-state index contributed by atoms with van der Waals surface area (Å²) < 4.78 is 0. The average molecular weight is 348 g/mol. The zero-order valence-corrected chi connectivity index (χ0v) is 14.2. The van der Waals surface area contributed by atoms with E-state index in [2.05, 4.69) is 29.3 Å². The smallest absolute Gasteiger partial charge is 0.258 e. The molecule has 0 aliphatic carbocycles. The van der Waals surface area contributed by atoms with Crippen LogP contribution < -0.4 is 0 Å². The average Bonchev–Trinajstić information content (AvgIpc) is 2.67. The monoisotopic (exact) mass is 348 g/mol. The third-order valence-electron chi connectivity index (χ3n) is 3.55. The third-order valence-corrected chi connectivity index (χ3v) is 4.63. The van der Waals surface area contributed by atoms with Crippen molar-refractivity contribution in [1.29, 1.82) is 0 Å². The summed E-state index contributed by atoms with van der Waals surface area (Å²) in [5.74, 6) is 0.913. The first-order valence-electron chi connectivity index (χ1n) is 7.76. The van der Waals surface area contributed by atoms with Crippen molar-refractivity contribution in [3.63, 3.8) is 0 Å². The maximum absolute atomic E-state index is 10.6. The van der Waals surface area contributed by atoms with Crippen LogP contribution in [-0.4, -0.2) is 11.1 Å². The van der Waals surface area contributed by atoms with Crippen molar-refractivity contribution in [3.8, 4) is 0 Å². The topological polar surface area (TPSA) is 55.5 Å². The number of hydrogen-bond acceptors (Lipinski definition) is 4. The molecule has 0 unspecified atom stereocenters. The lowest BCUT2D eigenvalue weighted by Crippen LogP contribution is -1.88. The van der Waals surface area contributed by atoms with Crippen molar-refractivity contribution >= 4 is 29.4 Å². The van der Waals surface area contributed by atoms with Gasteiger partial charge in [-0.25, -0.2) is 0 Å². The number of nitro benzene ring substituents is 1. The Labute approximate surface area is 150 Å². The summed E-state index contributed by atoms with van der Waals surface area (Å²) in [4.78, 5) is 15.9. The molecule has 0 aromatic heterocycles. The van der Waals surface area contributed by atoms with Gasteiger partial charge in [-0.05, 0) is 47.5 Å². The zero-order valence-electron chi connectivity index (χ0n) is 13.4. The highest BCUT2D eigenvalue weighted by molar-refractivity contribution is 7.98. The summed E-state index contributed by atoms with van der Waals surface area (Å²) in [5.41, 5.74) is 3.00. The molecule has 0 atom stereocenters. The van der Waals surface area contributed by atoms with Gasteiger partial charge in [0.1, 0.15) is 0 Å². The molecule has 0 radical (unpaired) electrons. The largest absolute Gasteiger partial charge is 0.269 e. The minimum absolute atomic E-state index is 0.0809. The Morgan fingerprint density at radius 1 is 0.920 bits per heavy atom. The van der Waals surface area contributed by atoms with E-state index in [1.54, 1.807) is 30.1 Å². The van der Waals surface area contributed by atoms with Crippen LogP contribution >= 0.6 is 11.8 Å². The predicted octanol–water partition coefficient (Wildman–Crippen LogP) is 5.64. The molecule has 25 heavy (non-hydrogen) atoms. The van der Waals surface area contributed by atoms with Gasteiger partial charge in [0.2, 0.25) is 0 Å². The normalized spacial score (nSPS) is 10.9. The fourth-order valence-corrected chi connectivity index (χ4v) is 3.07. The maximum Gasteiger partial charge on any atom is 0.269 e. The molecule has 0 bridgehead atoms. The Kier molecular flexibility index (Phi) is 5.59. The molecule has 0 aliphatic heterocycles. The van der Waals surface area contributed by atoms with Crippen LogP contribution in [-0.2, 0) is 5.75 Å². The highest BCUT2D eigenvalue weighted by Gasteiger charge is 2.02. The zero-order chi connectivity index (χ0) is 17.5. The van der Waals surface area contributed by atoms with Gasteiger partial charge in [0.05, 0.1) is 10.6 Å². The van der Waals surface area contributed by atoms with Crippen LogP contribution in [0.3, 0.4) is 0 Å². The lowest BCUT2D eigenvalue weighted by molar-refractivity contribution is -0.384. The summed E-state index contributed by atoms with van der Waals surface area (Å²) in [6.07, 6.45) is 1.71. The number of benzene rings is 3. The van der Waals surface area contributed by atoms with Crippen molar-refractivity contribution in [2.45, 2.75) is 10.6 Å². The third kappa shape index (κ3) is 5.02. The van der Waals surface area contributed by atoms with E-state index >= 15 is 0 Å². The number of hydrogen-bond donors (Lipinski definition) is 0. The minimum Gasteiger partial charge on any atom is -0.258 e. The van der Waals surface area contributed by atoms with Gasteiger partial charge in [-0.1, -0.05) is 30.3 Å². The molecule has 0 amide bonds. The molecule has 3 aromatic rings. The number of nitro groups is 1. The van der Waals surface area contributed by atoms with Gasteiger partial charge in [0.25, 0.3) is 5.69 Å². The Bertz CT molecular complexity index is 860. The Hall–Kier alpha value is -2.92. The summed E-state index contributed by atoms with van der Waals surface area (Å²) >= 11 is 1.80. The second-order valence-electron chi connectivity index (χ2n) is 5.38. The molecule has 0 saturated carbocycles. The lowest BCUT2D eigenvalue weighted by atomic mass is 10.2. The van der Waals surface area contributed by atoms with Gasteiger partial charge < -0.3 is 0 Å². The number of thioether (sulfide) groups is 1. The first-order chi connectivity index (χ1) is 12.2. The van der Waals surface area contributed by atoms with E-state index in [-0.39, 0.29) is 5.69 Å². The van der Waals surface area contributed by atoms with E-state index in [0.717, 1.165) is 17.0 Å². The highest BCUT2D eigenvalue weighted by Crippen LogP contribution is 2.23. The van der Waals surface area contributed by atoms with Crippen molar-refractivity contribution in [2.24, 2.45) is 4.99 Å². The van der Waals surface area contributed by atoms with Crippen LogP contribution in [0.5, 0.6) is 0 Å². The second kappa shape index (κ2) is 8.26. The number of aliphatic imine (C=N–C) groups is 1. The number of non-ortho nitro benzene ring substituents is 1. The Balaban J connectivity index is 1.59. The first-order valence-corrected chi connectivity index (χ1v) is 8.74. The van der Waals surface area contributed by atoms with Gasteiger partial charge in [-0.3, -0.25) is 15.1 Å². The van der Waals surface area contributed by atoms with Crippen LogP contribution in [0.4, 0.5) is 11.4 Å². The molecular formula is C20H16N2O2S. The molecule has 0 heterocycles. The Morgan fingerprint density at radius 2 is 1.60 bits per heavy atom. The van der Waals surface area contributed by atoms with Crippen LogP contribution in [0.15, 0.2) is 88.8 Å². The van der Waals surface area contributed by atoms with Crippen molar-refractivity contribution in [1.82, 2.24) is 0 Å². The fourth-order valence-electron chi connectivity index (χ4n) is 2.19. The molecule has 3 rings (SSSR count). The molecule has 0 spiro atoms. The second-order valence-corrected chi connectivity index (χ2v) is 6.42. The van der Waals surface area contributed by atoms with Crippen LogP contribution in [0.2, 0.25) is 0 Å². The van der Waals surface area contributed by atoms with Crippen molar-refractivity contribution < 1.29 is 4.92 Å².